The van der Waals surface area contributed by atoms with Crippen molar-refractivity contribution in [2.75, 3.05) is 13.2 Å². The highest BCUT2D eigenvalue weighted by Gasteiger charge is 2.35. The van der Waals surface area contributed by atoms with E-state index in [1.54, 1.807) is 4.90 Å². The maximum Gasteiger partial charge on any atom is 0.311 e. The van der Waals surface area contributed by atoms with Crippen LogP contribution in [0.4, 0.5) is 0 Å². The summed E-state index contributed by atoms with van der Waals surface area (Å²) in [5.74, 6) is -1.47. The van der Waals surface area contributed by atoms with Gasteiger partial charge in [-0.3, -0.25) is 14.4 Å². The lowest BCUT2D eigenvalue weighted by atomic mass is 10.1. The van der Waals surface area contributed by atoms with E-state index < -0.39 is 11.9 Å². The van der Waals surface area contributed by atoms with Crippen molar-refractivity contribution in [2.24, 2.45) is 5.92 Å². The molecule has 6 heteroatoms. The fourth-order valence-electron chi connectivity index (χ4n) is 2.99. The number of carbonyl (C=O) groups is 3. The molecule has 0 radical (unpaired) electrons. The van der Waals surface area contributed by atoms with Gasteiger partial charge < -0.3 is 15.0 Å². The van der Waals surface area contributed by atoms with Gasteiger partial charge in [-0.1, -0.05) is 60.7 Å². The number of ether oxygens (including phenoxy) is 1. The molecule has 1 saturated heterocycles. The molecule has 1 aliphatic rings. The average Bonchev–Trinajstić information content (AvgIpc) is 3.06. The van der Waals surface area contributed by atoms with E-state index in [1.165, 1.54) is 0 Å². The molecule has 0 spiro atoms. The molecule has 1 heterocycles. The average molecular weight is 366 g/mol. The van der Waals surface area contributed by atoms with Crippen LogP contribution >= 0.6 is 0 Å². The zero-order valence-corrected chi connectivity index (χ0v) is 15.0. The zero-order chi connectivity index (χ0) is 19.1. The lowest BCUT2D eigenvalue weighted by Gasteiger charge is -2.16. The fraction of sp³-hybridized carbons (Fsp3) is 0.286. The van der Waals surface area contributed by atoms with Crippen molar-refractivity contribution >= 4 is 17.8 Å². The van der Waals surface area contributed by atoms with E-state index in [9.17, 15) is 14.4 Å². The summed E-state index contributed by atoms with van der Waals surface area (Å²) in [5, 5.41) is 2.70. The van der Waals surface area contributed by atoms with Gasteiger partial charge in [-0.25, -0.2) is 0 Å². The summed E-state index contributed by atoms with van der Waals surface area (Å²) in [6.45, 7) is 0.832. The van der Waals surface area contributed by atoms with E-state index in [0.717, 1.165) is 11.1 Å². The van der Waals surface area contributed by atoms with Crippen LogP contribution < -0.4 is 5.32 Å². The van der Waals surface area contributed by atoms with Crippen molar-refractivity contribution in [2.45, 2.75) is 19.5 Å². The van der Waals surface area contributed by atoms with Gasteiger partial charge >= 0.3 is 5.97 Å². The molecule has 0 bridgehead atoms. The highest BCUT2D eigenvalue weighted by atomic mass is 16.5. The fourth-order valence-corrected chi connectivity index (χ4v) is 2.99. The highest BCUT2D eigenvalue weighted by molar-refractivity contribution is 5.88. The number of likely N-dealkylation sites (tertiary alicyclic amines) is 1. The number of rotatable bonds is 7. The summed E-state index contributed by atoms with van der Waals surface area (Å²) in [6, 6.07) is 19.1. The quantitative estimate of drug-likeness (QED) is 0.760. The van der Waals surface area contributed by atoms with Crippen molar-refractivity contribution < 1.29 is 19.1 Å². The van der Waals surface area contributed by atoms with Crippen LogP contribution in [0.15, 0.2) is 60.7 Å². The monoisotopic (exact) mass is 366 g/mol. The Hall–Kier alpha value is -3.15. The van der Waals surface area contributed by atoms with E-state index in [0.29, 0.717) is 19.6 Å². The first-order valence-corrected chi connectivity index (χ1v) is 8.91. The van der Waals surface area contributed by atoms with Crippen molar-refractivity contribution in [1.82, 2.24) is 10.2 Å². The third-order valence-electron chi connectivity index (χ3n) is 4.44. The maximum absolute atomic E-state index is 12.2. The normalized spacial score (nSPS) is 16.2. The van der Waals surface area contributed by atoms with Crippen LogP contribution in [0, 0.1) is 5.92 Å². The van der Waals surface area contributed by atoms with Crippen LogP contribution in [0.1, 0.15) is 17.5 Å². The van der Waals surface area contributed by atoms with Gasteiger partial charge in [0.25, 0.3) is 5.91 Å². The molecule has 0 aliphatic carbocycles. The largest absolute Gasteiger partial charge is 0.455 e. The standard InChI is InChI=1S/C21H22N2O4/c24-19(22-12-16-7-3-1-4-8-16)15-27-21(26)18-11-20(25)23(14-18)13-17-9-5-2-6-10-17/h1-10,18H,11-15H2,(H,22,24)/t18-/m0/s1. The number of amides is 2. The molecule has 140 valence electrons. The molecule has 6 nitrogen and oxygen atoms in total. The SMILES string of the molecule is O=C(COC(=O)[C@H]1CC(=O)N(Cc2ccccc2)C1)NCc1ccccc1. The van der Waals surface area contributed by atoms with Gasteiger partial charge in [0.15, 0.2) is 6.61 Å². The molecular weight excluding hydrogens is 344 g/mol. The van der Waals surface area contributed by atoms with Gasteiger partial charge in [-0.2, -0.15) is 0 Å². The Morgan fingerprint density at radius 2 is 1.63 bits per heavy atom. The second kappa shape index (κ2) is 8.98. The van der Waals surface area contributed by atoms with Gasteiger partial charge in [-0.05, 0) is 11.1 Å². The Morgan fingerprint density at radius 3 is 2.30 bits per heavy atom. The number of nitrogens with zero attached hydrogens (tertiary/aromatic N) is 1. The first-order chi connectivity index (χ1) is 13.1. The summed E-state index contributed by atoms with van der Waals surface area (Å²) < 4.78 is 5.09. The predicted octanol–water partition coefficient (Wildman–Crippen LogP) is 1.89. The Bertz CT molecular complexity index is 792. The Balaban J connectivity index is 1.41. The van der Waals surface area contributed by atoms with Crippen LogP contribution in [0.2, 0.25) is 0 Å². The van der Waals surface area contributed by atoms with Gasteiger partial charge in [0, 0.05) is 26.1 Å². The van der Waals surface area contributed by atoms with Crippen molar-refractivity contribution in [3.63, 3.8) is 0 Å². The summed E-state index contributed by atoms with van der Waals surface area (Å²) in [6.07, 6.45) is 0.122. The molecule has 1 atom stereocenters. The highest BCUT2D eigenvalue weighted by Crippen LogP contribution is 2.21. The number of hydrogen-bond acceptors (Lipinski definition) is 4. The second-order valence-corrected chi connectivity index (χ2v) is 6.53. The molecule has 0 unspecified atom stereocenters. The van der Waals surface area contributed by atoms with E-state index in [2.05, 4.69) is 5.32 Å². The zero-order valence-electron chi connectivity index (χ0n) is 15.0. The number of carbonyl (C=O) groups excluding carboxylic acids is 3. The Kier molecular flexibility index (Phi) is 6.20. The molecule has 1 fully saturated rings. The summed E-state index contributed by atoms with van der Waals surface area (Å²) in [5.41, 5.74) is 1.98. The van der Waals surface area contributed by atoms with E-state index in [1.807, 2.05) is 60.7 Å². The van der Waals surface area contributed by atoms with Crippen LogP contribution in [0.5, 0.6) is 0 Å². The van der Waals surface area contributed by atoms with Crippen LogP contribution in [0.25, 0.3) is 0 Å². The maximum atomic E-state index is 12.2. The third kappa shape index (κ3) is 5.41. The first kappa shape index (κ1) is 18.6. The molecule has 27 heavy (non-hydrogen) atoms. The van der Waals surface area contributed by atoms with Crippen LogP contribution in [0.3, 0.4) is 0 Å². The van der Waals surface area contributed by atoms with Gasteiger partial charge in [0.2, 0.25) is 5.91 Å². The topological polar surface area (TPSA) is 75.7 Å². The van der Waals surface area contributed by atoms with E-state index >= 15 is 0 Å². The summed E-state index contributed by atoms with van der Waals surface area (Å²) in [4.78, 5) is 37.8. The van der Waals surface area contributed by atoms with Crippen LogP contribution in [-0.4, -0.2) is 35.8 Å². The lowest BCUT2D eigenvalue weighted by Crippen LogP contribution is -2.31. The van der Waals surface area contributed by atoms with E-state index in [-0.39, 0.29) is 24.8 Å². The van der Waals surface area contributed by atoms with Gasteiger partial charge in [0.1, 0.15) is 0 Å². The molecule has 2 aromatic rings. The number of nitrogens with one attached hydrogen (secondary N) is 1. The molecule has 0 saturated carbocycles. The Morgan fingerprint density at radius 1 is 1.00 bits per heavy atom. The summed E-state index contributed by atoms with van der Waals surface area (Å²) in [7, 11) is 0. The van der Waals surface area contributed by atoms with Crippen molar-refractivity contribution in [3.05, 3.63) is 71.8 Å². The number of hydrogen-bond donors (Lipinski definition) is 1. The van der Waals surface area contributed by atoms with Gasteiger partial charge in [-0.15, -0.1) is 0 Å². The lowest BCUT2D eigenvalue weighted by molar-refractivity contribution is -0.152. The first-order valence-electron chi connectivity index (χ1n) is 8.91. The second-order valence-electron chi connectivity index (χ2n) is 6.53. The minimum absolute atomic E-state index is 0.0747. The molecular formula is C21H22N2O4. The van der Waals surface area contributed by atoms with Crippen LogP contribution in [-0.2, 0) is 32.2 Å². The van der Waals surface area contributed by atoms with E-state index in [4.69, 9.17) is 4.74 Å². The molecule has 2 aromatic carbocycles. The molecule has 0 aromatic heterocycles. The number of benzene rings is 2. The minimum Gasteiger partial charge on any atom is -0.455 e. The molecule has 1 aliphatic heterocycles. The third-order valence-corrected chi connectivity index (χ3v) is 4.44. The van der Waals surface area contributed by atoms with Gasteiger partial charge in [0.05, 0.1) is 5.92 Å². The Labute approximate surface area is 158 Å². The predicted molar refractivity (Wildman–Crippen MR) is 99.2 cm³/mol. The molecule has 1 N–H and O–H groups in total. The number of esters is 1. The summed E-state index contributed by atoms with van der Waals surface area (Å²) >= 11 is 0. The molecule has 2 amide bonds. The minimum atomic E-state index is -0.525. The molecule has 3 rings (SSSR count). The smallest absolute Gasteiger partial charge is 0.311 e. The van der Waals surface area contributed by atoms with Crippen molar-refractivity contribution in [1.29, 1.82) is 0 Å². The van der Waals surface area contributed by atoms with Crippen molar-refractivity contribution in [3.8, 4) is 0 Å².